The fourth-order valence-electron chi connectivity index (χ4n) is 2.09. The highest BCUT2D eigenvalue weighted by Gasteiger charge is 2.19. The Morgan fingerprint density at radius 1 is 0.821 bits per heavy atom. The fourth-order valence-corrected chi connectivity index (χ4v) is 5.38. The van der Waals surface area contributed by atoms with Gasteiger partial charge in [0.1, 0.15) is 0 Å². The van der Waals surface area contributed by atoms with Crippen LogP contribution in [0.25, 0.3) is 0 Å². The highest BCUT2D eigenvalue weighted by molar-refractivity contribution is 8.01. The van der Waals surface area contributed by atoms with Gasteiger partial charge in [0.15, 0.2) is 8.68 Å². The Bertz CT molecular complexity index is 896. The molecule has 0 fully saturated rings. The lowest BCUT2D eigenvalue weighted by atomic mass is 10.1. The number of aromatic nitrogens is 4. The highest BCUT2D eigenvalue weighted by Crippen LogP contribution is 2.27. The predicted molar refractivity (Wildman–Crippen MR) is 115 cm³/mol. The lowest BCUT2D eigenvalue weighted by Crippen LogP contribution is -2.20. The maximum absolute atomic E-state index is 12.7. The molecule has 0 unspecified atom stereocenters. The van der Waals surface area contributed by atoms with E-state index in [9.17, 15) is 9.59 Å². The molecule has 3 rings (SSSR count). The quantitative estimate of drug-likeness (QED) is 0.388. The van der Waals surface area contributed by atoms with Gasteiger partial charge in [-0.2, -0.15) is 0 Å². The van der Waals surface area contributed by atoms with Gasteiger partial charge in [0, 0.05) is 0 Å². The van der Waals surface area contributed by atoms with E-state index in [4.69, 9.17) is 0 Å². The number of hydrogen-bond acceptors (Lipinski definition) is 10. The molecule has 0 bridgehead atoms. The molecule has 0 radical (unpaired) electrons. The van der Waals surface area contributed by atoms with Gasteiger partial charge in [0.2, 0.25) is 10.3 Å². The lowest BCUT2D eigenvalue weighted by molar-refractivity contribution is 0.0990. The van der Waals surface area contributed by atoms with E-state index in [0.717, 1.165) is 20.2 Å². The minimum atomic E-state index is -0.422. The van der Waals surface area contributed by atoms with Crippen LogP contribution < -0.4 is 10.6 Å². The predicted octanol–water partition coefficient (Wildman–Crippen LogP) is 4.12. The fraction of sp³-hybridized carbons (Fsp3) is 0.250. The molecule has 8 nitrogen and oxygen atoms in total. The molecule has 0 atom stereocenters. The number of thioether (sulfide) groups is 2. The maximum atomic E-state index is 12.7. The van der Waals surface area contributed by atoms with Crippen LogP contribution in [0.5, 0.6) is 0 Å². The summed E-state index contributed by atoms with van der Waals surface area (Å²) in [6.45, 7) is 4.03. The van der Waals surface area contributed by atoms with E-state index in [-0.39, 0.29) is 11.1 Å². The van der Waals surface area contributed by atoms with Crippen LogP contribution in [-0.2, 0) is 0 Å². The van der Waals surface area contributed by atoms with Crippen LogP contribution in [0.3, 0.4) is 0 Å². The molecule has 2 heterocycles. The van der Waals surface area contributed by atoms with Crippen molar-refractivity contribution in [3.8, 4) is 0 Å². The first kappa shape index (κ1) is 20.7. The molecule has 12 heteroatoms. The third-order valence-electron chi connectivity index (χ3n) is 3.21. The number of nitrogens with one attached hydrogen (secondary N) is 2. The summed E-state index contributed by atoms with van der Waals surface area (Å²) in [6, 6.07) is 6.58. The number of carbonyl (C=O) groups excluding carboxylic acids is 2. The summed E-state index contributed by atoms with van der Waals surface area (Å²) in [5.74, 6) is 0.898. The standard InChI is InChI=1S/C16H16N6O2S4/c1-3-25-15-21-19-13(27-15)17-11(23)9-7-5-6-8-10(9)12(24)18-14-20-22-16(28-14)26-4-2/h5-8H,3-4H2,1-2H3,(H,17,19,23)(H,18,20,24). The van der Waals surface area contributed by atoms with E-state index < -0.39 is 11.8 Å². The zero-order valence-electron chi connectivity index (χ0n) is 15.0. The van der Waals surface area contributed by atoms with Crippen LogP contribution >= 0.6 is 46.2 Å². The Morgan fingerprint density at radius 2 is 1.25 bits per heavy atom. The summed E-state index contributed by atoms with van der Waals surface area (Å²) < 4.78 is 1.56. The van der Waals surface area contributed by atoms with Gasteiger partial charge in [-0.15, -0.1) is 20.4 Å². The smallest absolute Gasteiger partial charge is 0.258 e. The van der Waals surface area contributed by atoms with Crippen LogP contribution in [0.4, 0.5) is 10.3 Å². The summed E-state index contributed by atoms with van der Waals surface area (Å²) in [7, 11) is 0. The summed E-state index contributed by atoms with van der Waals surface area (Å²) in [6.07, 6.45) is 0. The summed E-state index contributed by atoms with van der Waals surface area (Å²) in [5.41, 5.74) is 0.486. The van der Waals surface area contributed by atoms with Gasteiger partial charge in [-0.3, -0.25) is 20.2 Å². The molecule has 0 aliphatic heterocycles. The Kier molecular flexibility index (Phi) is 7.36. The number of benzene rings is 1. The largest absolute Gasteiger partial charge is 0.296 e. The minimum absolute atomic E-state index is 0.243. The van der Waals surface area contributed by atoms with Gasteiger partial charge in [0.25, 0.3) is 11.8 Å². The topological polar surface area (TPSA) is 110 Å². The first-order valence-corrected chi connectivity index (χ1v) is 11.9. The van der Waals surface area contributed by atoms with Gasteiger partial charge >= 0.3 is 0 Å². The molecule has 3 aromatic rings. The molecule has 2 aromatic heterocycles. The van der Waals surface area contributed by atoms with E-state index in [2.05, 4.69) is 31.0 Å². The third kappa shape index (κ3) is 5.28. The first-order chi connectivity index (χ1) is 13.6. The SMILES string of the molecule is CCSc1nnc(NC(=O)c2ccccc2C(=O)Nc2nnc(SCC)s2)s1. The van der Waals surface area contributed by atoms with Crippen molar-refractivity contribution < 1.29 is 9.59 Å². The van der Waals surface area contributed by atoms with Gasteiger partial charge in [-0.05, 0) is 23.6 Å². The van der Waals surface area contributed by atoms with E-state index in [1.165, 1.54) is 22.7 Å². The second kappa shape index (κ2) is 9.96. The van der Waals surface area contributed by atoms with Crippen molar-refractivity contribution >= 4 is 68.3 Å². The van der Waals surface area contributed by atoms with E-state index >= 15 is 0 Å². The monoisotopic (exact) mass is 452 g/mol. The average Bonchev–Trinajstić information content (AvgIpc) is 3.32. The van der Waals surface area contributed by atoms with Crippen molar-refractivity contribution in [1.82, 2.24) is 20.4 Å². The third-order valence-corrected chi connectivity index (χ3v) is 6.91. The molecular formula is C16H16N6O2S4. The molecular weight excluding hydrogens is 436 g/mol. The Balaban J connectivity index is 1.73. The van der Waals surface area contributed by atoms with Crippen molar-refractivity contribution in [1.29, 1.82) is 0 Å². The molecule has 2 N–H and O–H groups in total. The number of anilines is 2. The number of nitrogens with zero attached hydrogens (tertiary/aromatic N) is 4. The highest BCUT2D eigenvalue weighted by atomic mass is 32.2. The van der Waals surface area contributed by atoms with Crippen LogP contribution in [-0.4, -0.2) is 43.7 Å². The molecule has 0 aliphatic rings. The summed E-state index contributed by atoms with van der Waals surface area (Å²) in [5, 5.41) is 22.1. The number of amides is 2. The van der Waals surface area contributed by atoms with Crippen LogP contribution in [0.1, 0.15) is 34.6 Å². The van der Waals surface area contributed by atoms with Crippen LogP contribution in [0.2, 0.25) is 0 Å². The lowest BCUT2D eigenvalue weighted by Gasteiger charge is -2.08. The first-order valence-electron chi connectivity index (χ1n) is 8.25. The van der Waals surface area contributed by atoms with Crippen molar-refractivity contribution in [3.63, 3.8) is 0 Å². The number of hydrogen-bond donors (Lipinski definition) is 2. The zero-order valence-corrected chi connectivity index (χ0v) is 18.2. The molecule has 0 saturated carbocycles. The van der Waals surface area contributed by atoms with Gasteiger partial charge in [0.05, 0.1) is 11.1 Å². The maximum Gasteiger partial charge on any atom is 0.258 e. The van der Waals surface area contributed by atoms with Gasteiger partial charge < -0.3 is 0 Å². The van der Waals surface area contributed by atoms with Crippen molar-refractivity contribution in [3.05, 3.63) is 35.4 Å². The normalized spacial score (nSPS) is 10.6. The molecule has 0 saturated heterocycles. The zero-order chi connectivity index (χ0) is 19.9. The Morgan fingerprint density at radius 3 is 1.64 bits per heavy atom. The van der Waals surface area contributed by atoms with E-state index in [0.29, 0.717) is 10.3 Å². The minimum Gasteiger partial charge on any atom is -0.296 e. The van der Waals surface area contributed by atoms with Crippen molar-refractivity contribution in [2.24, 2.45) is 0 Å². The Hall–Kier alpha value is -2.02. The molecule has 0 aliphatic carbocycles. The van der Waals surface area contributed by atoms with Crippen LogP contribution in [0, 0.1) is 0 Å². The van der Waals surface area contributed by atoms with E-state index in [1.54, 1.807) is 47.8 Å². The number of carbonyl (C=O) groups is 2. The van der Waals surface area contributed by atoms with Crippen molar-refractivity contribution in [2.75, 3.05) is 22.1 Å². The molecule has 146 valence electrons. The second-order valence-corrected chi connectivity index (χ2v) is 10.0. The Labute approximate surface area is 178 Å². The molecule has 28 heavy (non-hydrogen) atoms. The molecule has 0 spiro atoms. The van der Waals surface area contributed by atoms with E-state index in [1.807, 2.05) is 13.8 Å². The van der Waals surface area contributed by atoms with Crippen LogP contribution in [0.15, 0.2) is 32.9 Å². The summed E-state index contributed by atoms with van der Waals surface area (Å²) >= 11 is 5.69. The molecule has 1 aromatic carbocycles. The van der Waals surface area contributed by atoms with Gasteiger partial charge in [-0.1, -0.05) is 72.2 Å². The average molecular weight is 453 g/mol. The molecule has 2 amide bonds. The summed E-state index contributed by atoms with van der Waals surface area (Å²) in [4.78, 5) is 25.3. The van der Waals surface area contributed by atoms with Gasteiger partial charge in [-0.25, -0.2) is 0 Å². The second-order valence-electron chi connectivity index (χ2n) is 5.07. The number of rotatable bonds is 8. The van der Waals surface area contributed by atoms with Crippen molar-refractivity contribution in [2.45, 2.75) is 22.5 Å².